The molecule has 1 amide bonds. The highest BCUT2D eigenvalue weighted by Crippen LogP contribution is 2.40. The zero-order chi connectivity index (χ0) is 23.1. The van der Waals surface area contributed by atoms with E-state index in [1.807, 2.05) is 35.6 Å². The van der Waals surface area contributed by atoms with E-state index in [9.17, 15) is 4.79 Å². The maximum absolute atomic E-state index is 12.7. The van der Waals surface area contributed by atoms with Crippen molar-refractivity contribution >= 4 is 50.6 Å². The molecule has 0 aliphatic heterocycles. The van der Waals surface area contributed by atoms with Gasteiger partial charge in [-0.2, -0.15) is 0 Å². The van der Waals surface area contributed by atoms with E-state index in [4.69, 9.17) is 9.72 Å². The highest BCUT2D eigenvalue weighted by molar-refractivity contribution is 7.99. The van der Waals surface area contributed by atoms with Gasteiger partial charge in [-0.25, -0.2) is 4.98 Å². The van der Waals surface area contributed by atoms with E-state index in [2.05, 4.69) is 40.7 Å². The van der Waals surface area contributed by atoms with Crippen LogP contribution in [0.25, 0.3) is 15.9 Å². The zero-order valence-corrected chi connectivity index (χ0v) is 20.8. The number of para-hydroxylation sites is 2. The second kappa shape index (κ2) is 8.95. The Labute approximate surface area is 201 Å². The molecule has 0 radical (unpaired) electrons. The number of aromatic nitrogens is 4. The van der Waals surface area contributed by atoms with Crippen LogP contribution < -0.4 is 10.1 Å². The van der Waals surface area contributed by atoms with Gasteiger partial charge in [-0.15, -0.1) is 21.5 Å². The summed E-state index contributed by atoms with van der Waals surface area (Å²) in [6.45, 7) is 6.58. The third-order valence-corrected chi connectivity index (χ3v) is 8.10. The van der Waals surface area contributed by atoms with Crippen LogP contribution in [0, 0.1) is 5.92 Å². The average Bonchev–Trinajstić information content (AvgIpc) is 3.37. The molecule has 1 aliphatic rings. The lowest BCUT2D eigenvalue weighted by Crippen LogP contribution is -2.15. The van der Waals surface area contributed by atoms with Gasteiger partial charge >= 0.3 is 0 Å². The Morgan fingerprint density at radius 1 is 1.33 bits per heavy atom. The molecule has 3 aromatic heterocycles. The number of amides is 1. The normalized spacial score (nSPS) is 15.8. The van der Waals surface area contributed by atoms with Crippen molar-refractivity contribution in [2.45, 2.75) is 51.1 Å². The number of anilines is 1. The van der Waals surface area contributed by atoms with Gasteiger partial charge < -0.3 is 10.1 Å². The van der Waals surface area contributed by atoms with Crippen molar-refractivity contribution in [2.75, 3.05) is 18.2 Å². The monoisotopic (exact) mass is 481 g/mol. The molecule has 9 heteroatoms. The molecule has 1 N–H and O–H groups in total. The fourth-order valence-corrected chi connectivity index (χ4v) is 6.51. The van der Waals surface area contributed by atoms with E-state index in [0.717, 1.165) is 34.5 Å². The average molecular weight is 482 g/mol. The molecule has 1 atom stereocenters. The molecule has 0 fully saturated rings. The molecule has 5 rings (SSSR count). The van der Waals surface area contributed by atoms with Crippen molar-refractivity contribution in [3.8, 4) is 5.75 Å². The van der Waals surface area contributed by atoms with Gasteiger partial charge in [0.1, 0.15) is 16.4 Å². The van der Waals surface area contributed by atoms with E-state index in [1.54, 1.807) is 7.11 Å². The summed E-state index contributed by atoms with van der Waals surface area (Å²) in [6.07, 6.45) is 3.36. The van der Waals surface area contributed by atoms with E-state index in [0.29, 0.717) is 22.5 Å². The van der Waals surface area contributed by atoms with E-state index < -0.39 is 0 Å². The van der Waals surface area contributed by atoms with Crippen LogP contribution in [0.2, 0.25) is 0 Å². The van der Waals surface area contributed by atoms with Gasteiger partial charge in [-0.1, -0.05) is 44.7 Å². The Kier molecular flexibility index (Phi) is 6.01. The lowest BCUT2D eigenvalue weighted by atomic mass is 9.89. The number of nitrogens with one attached hydrogen (secondary N) is 1. The molecule has 33 heavy (non-hydrogen) atoms. The highest BCUT2D eigenvalue weighted by Gasteiger charge is 2.26. The number of rotatable bonds is 6. The van der Waals surface area contributed by atoms with E-state index >= 15 is 0 Å². The Balaban J connectivity index is 1.47. The molecule has 1 aliphatic carbocycles. The first kappa shape index (κ1) is 22.2. The van der Waals surface area contributed by atoms with Crippen LogP contribution in [0.1, 0.15) is 49.4 Å². The molecule has 0 saturated carbocycles. The van der Waals surface area contributed by atoms with Crippen molar-refractivity contribution in [3.63, 3.8) is 0 Å². The number of ether oxygens (including phenoxy) is 1. The largest absolute Gasteiger partial charge is 0.495 e. The Morgan fingerprint density at radius 2 is 2.15 bits per heavy atom. The third-order valence-electron chi connectivity index (χ3n) is 6.03. The fraction of sp³-hybridized carbons (Fsp3) is 0.417. The molecule has 3 heterocycles. The maximum Gasteiger partial charge on any atom is 0.234 e. The van der Waals surface area contributed by atoms with Crippen molar-refractivity contribution < 1.29 is 9.53 Å². The van der Waals surface area contributed by atoms with Gasteiger partial charge in [-0.05, 0) is 42.9 Å². The fourth-order valence-electron chi connectivity index (χ4n) is 4.38. The number of methoxy groups -OCH3 is 1. The van der Waals surface area contributed by atoms with Crippen LogP contribution in [0.5, 0.6) is 5.75 Å². The number of benzene rings is 1. The summed E-state index contributed by atoms with van der Waals surface area (Å²) in [7, 11) is 1.59. The molecule has 1 aromatic carbocycles. The number of nitrogens with zero attached hydrogens (tertiary/aromatic N) is 4. The molecule has 0 spiro atoms. The molecule has 7 nitrogen and oxygen atoms in total. The van der Waals surface area contributed by atoms with Crippen LogP contribution in [-0.2, 0) is 17.6 Å². The number of thiophene rings is 1. The van der Waals surface area contributed by atoms with Gasteiger partial charge in [0.25, 0.3) is 0 Å². The highest BCUT2D eigenvalue weighted by atomic mass is 32.2. The Bertz CT molecular complexity index is 1340. The van der Waals surface area contributed by atoms with Gasteiger partial charge in [0.15, 0.2) is 10.8 Å². The van der Waals surface area contributed by atoms with Crippen molar-refractivity contribution in [2.24, 2.45) is 5.92 Å². The minimum Gasteiger partial charge on any atom is -0.495 e. The van der Waals surface area contributed by atoms with Gasteiger partial charge in [0.2, 0.25) is 5.91 Å². The second-order valence-corrected chi connectivity index (χ2v) is 10.9. The Hall–Kier alpha value is -2.65. The summed E-state index contributed by atoms with van der Waals surface area (Å²) in [5.74, 6) is 2.57. The summed E-state index contributed by atoms with van der Waals surface area (Å²) in [6, 6.07) is 7.39. The number of carbonyl (C=O) groups is 1. The maximum atomic E-state index is 12.7. The van der Waals surface area contributed by atoms with Crippen LogP contribution in [0.15, 0.2) is 29.4 Å². The molecule has 4 aromatic rings. The summed E-state index contributed by atoms with van der Waals surface area (Å²) < 4.78 is 7.38. The summed E-state index contributed by atoms with van der Waals surface area (Å²) in [5.41, 5.74) is 2.91. The lowest BCUT2D eigenvalue weighted by molar-refractivity contribution is -0.113. The van der Waals surface area contributed by atoms with Gasteiger partial charge in [0, 0.05) is 10.8 Å². The quantitative estimate of drug-likeness (QED) is 0.375. The topological polar surface area (TPSA) is 81.4 Å². The summed E-state index contributed by atoms with van der Waals surface area (Å²) in [4.78, 5) is 20.2. The predicted molar refractivity (Wildman–Crippen MR) is 134 cm³/mol. The molecular weight excluding hydrogens is 454 g/mol. The third kappa shape index (κ3) is 4.08. The van der Waals surface area contributed by atoms with Gasteiger partial charge in [-0.3, -0.25) is 9.20 Å². The molecule has 0 saturated heterocycles. The predicted octanol–water partition coefficient (Wildman–Crippen LogP) is 5.33. The van der Waals surface area contributed by atoms with Gasteiger partial charge in [0.05, 0.1) is 23.9 Å². The number of carbonyl (C=O) groups excluding carboxylic acids is 1. The first-order valence-electron chi connectivity index (χ1n) is 11.2. The van der Waals surface area contributed by atoms with Crippen molar-refractivity contribution in [1.82, 2.24) is 19.6 Å². The summed E-state index contributed by atoms with van der Waals surface area (Å²) in [5, 5.41) is 13.8. The van der Waals surface area contributed by atoms with Crippen molar-refractivity contribution in [1.29, 1.82) is 0 Å². The van der Waals surface area contributed by atoms with Crippen LogP contribution in [0.3, 0.4) is 0 Å². The number of aryl methyl sites for hydroxylation is 1. The number of hydrogen-bond acceptors (Lipinski definition) is 7. The number of fused-ring (bicyclic) bond motifs is 5. The van der Waals surface area contributed by atoms with Crippen molar-refractivity contribution in [3.05, 3.63) is 40.5 Å². The molecule has 0 bridgehead atoms. The van der Waals surface area contributed by atoms with E-state index in [-0.39, 0.29) is 17.6 Å². The lowest BCUT2D eigenvalue weighted by Gasteiger charge is -2.17. The number of hydrogen-bond donors (Lipinski definition) is 1. The van der Waals surface area contributed by atoms with Crippen LogP contribution in [0.4, 0.5) is 5.69 Å². The smallest absolute Gasteiger partial charge is 0.234 e. The molecular formula is C24H27N5O2S2. The minimum atomic E-state index is -0.122. The standard InChI is InChI=1S/C24H27N5O2S2/c1-13(2)21-26-23-20(15-10-9-14(3)11-18(15)33-23)22-27-28-24(29(21)22)32-12-19(30)25-16-7-5-6-8-17(16)31-4/h5-8,13-14H,9-12H2,1-4H3,(H,25,30)/t14-/m1/s1. The van der Waals surface area contributed by atoms with Crippen LogP contribution in [-0.4, -0.2) is 38.4 Å². The molecule has 172 valence electrons. The number of thioether (sulfide) groups is 1. The summed E-state index contributed by atoms with van der Waals surface area (Å²) >= 11 is 3.18. The minimum absolute atomic E-state index is 0.122. The SMILES string of the molecule is COc1ccccc1NC(=O)CSc1nnc2c3c4c(sc3nc(C(C)C)n12)C[C@H](C)CC4. The second-order valence-electron chi connectivity index (χ2n) is 8.84. The zero-order valence-electron chi connectivity index (χ0n) is 19.2. The first-order chi connectivity index (χ1) is 16.0. The molecule has 0 unspecified atom stereocenters. The first-order valence-corrected chi connectivity index (χ1v) is 13.0. The van der Waals surface area contributed by atoms with Crippen LogP contribution >= 0.6 is 23.1 Å². The van der Waals surface area contributed by atoms with E-state index in [1.165, 1.54) is 28.6 Å². The Morgan fingerprint density at radius 3 is 2.94 bits per heavy atom.